The van der Waals surface area contributed by atoms with Gasteiger partial charge in [-0.05, 0) is 30.2 Å². The van der Waals surface area contributed by atoms with E-state index in [-0.39, 0.29) is 0 Å². The van der Waals surface area contributed by atoms with E-state index >= 15 is 0 Å². The summed E-state index contributed by atoms with van der Waals surface area (Å²) >= 11 is 0. The molecular weight excluding hydrogens is 304 g/mol. The number of imidazole rings is 1. The van der Waals surface area contributed by atoms with Crippen LogP contribution in [0.5, 0.6) is 0 Å². The maximum absolute atomic E-state index is 4.90. The molecule has 0 fully saturated rings. The summed E-state index contributed by atoms with van der Waals surface area (Å²) in [5.41, 5.74) is 5.84. The first-order chi connectivity index (χ1) is 12.3. The molecule has 25 heavy (non-hydrogen) atoms. The van der Waals surface area contributed by atoms with Gasteiger partial charge in [0, 0.05) is 12.1 Å². The van der Waals surface area contributed by atoms with Gasteiger partial charge in [0.2, 0.25) is 0 Å². The first-order valence-electron chi connectivity index (χ1n) is 8.56. The van der Waals surface area contributed by atoms with E-state index in [9.17, 15) is 0 Å². The molecule has 0 atom stereocenters. The van der Waals surface area contributed by atoms with Crippen molar-refractivity contribution in [2.24, 2.45) is 0 Å². The maximum atomic E-state index is 4.90. The second-order valence-electron chi connectivity index (χ2n) is 6.16. The molecule has 0 aliphatic rings. The first kappa shape index (κ1) is 15.4. The molecule has 0 bridgehead atoms. The van der Waals surface area contributed by atoms with E-state index in [1.807, 2.05) is 12.1 Å². The molecule has 0 aliphatic heterocycles. The number of aryl methyl sites for hydroxylation is 1. The molecule has 122 valence electrons. The van der Waals surface area contributed by atoms with E-state index in [2.05, 4.69) is 90.4 Å². The zero-order chi connectivity index (χ0) is 17.1. The summed E-state index contributed by atoms with van der Waals surface area (Å²) in [6.45, 7) is 2.93. The lowest BCUT2D eigenvalue weighted by molar-refractivity contribution is 0.862. The molecule has 0 saturated carbocycles. The van der Waals surface area contributed by atoms with Crippen LogP contribution in [0.4, 0.5) is 0 Å². The van der Waals surface area contributed by atoms with E-state index in [4.69, 9.17) is 4.98 Å². The Labute approximate surface area is 148 Å². The quantitative estimate of drug-likeness (QED) is 0.469. The number of benzene rings is 3. The van der Waals surface area contributed by atoms with E-state index in [0.29, 0.717) is 0 Å². The second kappa shape index (κ2) is 6.78. The van der Waals surface area contributed by atoms with Crippen molar-refractivity contribution in [1.82, 2.24) is 9.55 Å². The fourth-order valence-electron chi connectivity index (χ4n) is 3.15. The Morgan fingerprint density at radius 3 is 2.40 bits per heavy atom. The van der Waals surface area contributed by atoms with Gasteiger partial charge in [-0.1, -0.05) is 78.9 Å². The molecule has 0 saturated heterocycles. The third-order valence-electron chi connectivity index (χ3n) is 4.44. The molecule has 1 heterocycles. The van der Waals surface area contributed by atoms with Gasteiger partial charge >= 0.3 is 0 Å². The van der Waals surface area contributed by atoms with Crippen LogP contribution in [-0.2, 0) is 6.54 Å². The van der Waals surface area contributed by atoms with Gasteiger partial charge in [0.15, 0.2) is 0 Å². The average molecular weight is 324 g/mol. The highest BCUT2D eigenvalue weighted by Crippen LogP contribution is 2.27. The number of allylic oxidation sites excluding steroid dienone is 1. The van der Waals surface area contributed by atoms with Gasteiger partial charge in [-0.15, -0.1) is 0 Å². The van der Waals surface area contributed by atoms with E-state index in [1.54, 1.807) is 0 Å². The number of aromatic nitrogens is 2. The normalized spacial score (nSPS) is 11.4. The minimum Gasteiger partial charge on any atom is -0.320 e. The average Bonchev–Trinajstić information content (AvgIpc) is 3.02. The van der Waals surface area contributed by atoms with Crippen LogP contribution in [0.2, 0.25) is 0 Å². The predicted molar refractivity (Wildman–Crippen MR) is 105 cm³/mol. The summed E-state index contributed by atoms with van der Waals surface area (Å²) in [5.74, 6) is 1.03. The Kier molecular flexibility index (Phi) is 4.17. The molecular formula is C23H20N2. The zero-order valence-electron chi connectivity index (χ0n) is 14.3. The maximum Gasteiger partial charge on any atom is 0.141 e. The van der Waals surface area contributed by atoms with Crippen molar-refractivity contribution < 1.29 is 0 Å². The summed E-state index contributed by atoms with van der Waals surface area (Å²) in [7, 11) is 0. The lowest BCUT2D eigenvalue weighted by Gasteiger charge is -2.09. The summed E-state index contributed by atoms with van der Waals surface area (Å²) in [4.78, 5) is 4.90. The Balaban J connectivity index is 1.77. The molecule has 4 rings (SSSR count). The number of nitrogens with zero attached hydrogens (tertiary/aromatic N) is 2. The third kappa shape index (κ3) is 3.11. The van der Waals surface area contributed by atoms with Crippen LogP contribution in [0.15, 0.2) is 84.9 Å². The minimum absolute atomic E-state index is 0.791. The topological polar surface area (TPSA) is 17.8 Å². The van der Waals surface area contributed by atoms with Crippen LogP contribution in [0, 0.1) is 6.92 Å². The minimum atomic E-state index is 0.791. The molecule has 3 aromatic carbocycles. The smallest absolute Gasteiger partial charge is 0.141 e. The van der Waals surface area contributed by atoms with Crippen molar-refractivity contribution in [1.29, 1.82) is 0 Å². The molecule has 4 aromatic rings. The number of hydrogen-bond donors (Lipinski definition) is 0. The lowest BCUT2D eigenvalue weighted by atomic mass is 10.1. The highest BCUT2D eigenvalue weighted by Gasteiger charge is 2.12. The molecule has 1 aromatic heterocycles. The number of hydrogen-bond acceptors (Lipinski definition) is 1. The number of para-hydroxylation sites is 2. The largest absolute Gasteiger partial charge is 0.320 e. The number of rotatable bonds is 4. The molecule has 2 heteroatoms. The Morgan fingerprint density at radius 1 is 0.840 bits per heavy atom. The molecule has 0 unspecified atom stereocenters. The van der Waals surface area contributed by atoms with Crippen molar-refractivity contribution in [3.8, 4) is 11.4 Å². The SMILES string of the molecule is Cc1ccccc1-c1nc2ccccc2n1C/C=C/c1ccccc1. The van der Waals surface area contributed by atoms with Crippen molar-refractivity contribution in [2.45, 2.75) is 13.5 Å². The van der Waals surface area contributed by atoms with E-state index in [1.165, 1.54) is 22.2 Å². The standard InChI is InChI=1S/C23H20N2/c1-18-10-5-6-14-20(18)23-24-21-15-7-8-16-22(21)25(23)17-9-13-19-11-3-2-4-12-19/h2-16H,17H2,1H3/b13-9+. The second-order valence-corrected chi connectivity index (χ2v) is 6.16. The van der Waals surface area contributed by atoms with Crippen molar-refractivity contribution in [3.63, 3.8) is 0 Å². The van der Waals surface area contributed by atoms with Gasteiger partial charge < -0.3 is 4.57 Å². The first-order valence-corrected chi connectivity index (χ1v) is 8.56. The lowest BCUT2D eigenvalue weighted by Crippen LogP contribution is -1.99. The summed E-state index contributed by atoms with van der Waals surface area (Å²) < 4.78 is 2.29. The summed E-state index contributed by atoms with van der Waals surface area (Å²) in [6, 6.07) is 27.2. The molecule has 0 spiro atoms. The van der Waals surface area contributed by atoms with Gasteiger partial charge in [0.25, 0.3) is 0 Å². The highest BCUT2D eigenvalue weighted by atomic mass is 15.1. The van der Waals surface area contributed by atoms with Crippen LogP contribution in [0.3, 0.4) is 0 Å². The molecule has 2 nitrogen and oxygen atoms in total. The Bertz CT molecular complexity index is 1030. The van der Waals surface area contributed by atoms with E-state index < -0.39 is 0 Å². The van der Waals surface area contributed by atoms with Crippen LogP contribution in [-0.4, -0.2) is 9.55 Å². The fourth-order valence-corrected chi connectivity index (χ4v) is 3.15. The van der Waals surface area contributed by atoms with Gasteiger partial charge in [0.1, 0.15) is 5.82 Å². The van der Waals surface area contributed by atoms with Gasteiger partial charge in [-0.25, -0.2) is 4.98 Å². The predicted octanol–water partition coefficient (Wildman–Crippen LogP) is 5.73. The molecule has 0 N–H and O–H groups in total. The molecule has 0 aliphatic carbocycles. The zero-order valence-corrected chi connectivity index (χ0v) is 14.3. The van der Waals surface area contributed by atoms with Crippen molar-refractivity contribution in [3.05, 3.63) is 96.1 Å². The van der Waals surface area contributed by atoms with Crippen molar-refractivity contribution >= 4 is 17.1 Å². The Hall–Kier alpha value is -3.13. The summed E-state index contributed by atoms with van der Waals surface area (Å²) in [5, 5.41) is 0. The molecule has 0 radical (unpaired) electrons. The summed E-state index contributed by atoms with van der Waals surface area (Å²) in [6.07, 6.45) is 4.36. The van der Waals surface area contributed by atoms with E-state index in [0.717, 1.165) is 17.9 Å². The third-order valence-corrected chi connectivity index (χ3v) is 4.44. The Morgan fingerprint density at radius 2 is 1.56 bits per heavy atom. The highest BCUT2D eigenvalue weighted by molar-refractivity contribution is 5.81. The van der Waals surface area contributed by atoms with Crippen molar-refractivity contribution in [2.75, 3.05) is 0 Å². The van der Waals surface area contributed by atoms with Crippen LogP contribution in [0.1, 0.15) is 11.1 Å². The van der Waals surface area contributed by atoms with Gasteiger partial charge in [-0.3, -0.25) is 0 Å². The fraction of sp³-hybridized carbons (Fsp3) is 0.0870. The van der Waals surface area contributed by atoms with Crippen LogP contribution < -0.4 is 0 Å². The monoisotopic (exact) mass is 324 g/mol. The number of fused-ring (bicyclic) bond motifs is 1. The van der Waals surface area contributed by atoms with Crippen LogP contribution >= 0.6 is 0 Å². The van der Waals surface area contributed by atoms with Crippen LogP contribution in [0.25, 0.3) is 28.5 Å². The van der Waals surface area contributed by atoms with Gasteiger partial charge in [-0.2, -0.15) is 0 Å². The molecule has 0 amide bonds. The van der Waals surface area contributed by atoms with Gasteiger partial charge in [0.05, 0.1) is 11.0 Å².